The molecule has 0 saturated carbocycles. The van der Waals surface area contributed by atoms with E-state index in [-0.39, 0.29) is 11.6 Å². The van der Waals surface area contributed by atoms with Gasteiger partial charge in [-0.15, -0.1) is 0 Å². The molecule has 3 nitrogen and oxygen atoms in total. The number of benzene rings is 1. The lowest BCUT2D eigenvalue weighted by atomic mass is 10.1. The molecule has 1 atom stereocenters. The number of halogens is 2. The Morgan fingerprint density at radius 1 is 1.00 bits per heavy atom. The van der Waals surface area contributed by atoms with Crippen molar-refractivity contribution in [3.05, 3.63) is 27.7 Å². The molecule has 25 heavy (non-hydrogen) atoms. The number of hydrogen-bond acceptors (Lipinski definition) is 3. The van der Waals surface area contributed by atoms with Crippen molar-refractivity contribution in [3.8, 4) is 0 Å². The van der Waals surface area contributed by atoms with Crippen LogP contribution in [0.3, 0.4) is 0 Å². The van der Waals surface area contributed by atoms with Crippen molar-refractivity contribution in [1.29, 1.82) is 0 Å². The summed E-state index contributed by atoms with van der Waals surface area (Å²) in [5, 5.41) is 4.85. The molecule has 1 aromatic rings. The Morgan fingerprint density at radius 3 is 1.84 bits per heavy atom. The minimum Gasteiger partial charge on any atom is -0.409 e. The Morgan fingerprint density at radius 2 is 1.48 bits per heavy atom. The van der Waals surface area contributed by atoms with E-state index < -0.39 is 16.6 Å². The number of rotatable bonds is 7. The molecule has 0 amide bonds. The van der Waals surface area contributed by atoms with Gasteiger partial charge < -0.3 is 14.7 Å². The first-order valence-electron chi connectivity index (χ1n) is 8.77. The van der Waals surface area contributed by atoms with Crippen molar-refractivity contribution < 1.29 is 4.43 Å². The first kappa shape index (κ1) is 23.0. The van der Waals surface area contributed by atoms with E-state index >= 15 is 0 Å². The van der Waals surface area contributed by atoms with Crippen molar-refractivity contribution in [2.24, 2.45) is 0 Å². The number of anilines is 1. The summed E-state index contributed by atoms with van der Waals surface area (Å²) in [6.07, 6.45) is -0.0678. The van der Waals surface area contributed by atoms with Crippen LogP contribution in [0.15, 0.2) is 12.1 Å². The minimum absolute atomic E-state index is 0.0218. The summed E-state index contributed by atoms with van der Waals surface area (Å²) in [4.78, 5) is 3.52. The lowest BCUT2D eigenvalue weighted by Gasteiger charge is -2.31. The van der Waals surface area contributed by atoms with E-state index in [1.807, 2.05) is 12.1 Å². The van der Waals surface area contributed by atoms with Crippen LogP contribution >= 0.6 is 23.2 Å². The summed E-state index contributed by atoms with van der Waals surface area (Å²) in [5.41, 5.74) is 1.88. The first-order chi connectivity index (χ1) is 11.1. The average Bonchev–Trinajstić information content (AvgIpc) is 2.35. The summed E-state index contributed by atoms with van der Waals surface area (Å²) in [6.45, 7) is 20.4. The first-order valence-corrected chi connectivity index (χ1v) is 16.4. The molecule has 0 bridgehead atoms. The highest BCUT2D eigenvalue weighted by molar-refractivity contribution is 6.79. The third kappa shape index (κ3) is 8.93. The number of hydrogen-bond donors (Lipinski definition) is 2. The maximum atomic E-state index is 6.56. The van der Waals surface area contributed by atoms with Crippen molar-refractivity contribution in [2.45, 2.75) is 71.7 Å². The molecule has 144 valence electrons. The van der Waals surface area contributed by atoms with Crippen molar-refractivity contribution in [3.63, 3.8) is 0 Å². The lowest BCUT2D eigenvalue weighted by molar-refractivity contribution is 0.181. The fourth-order valence-electron chi connectivity index (χ4n) is 2.33. The average molecular weight is 422 g/mol. The highest BCUT2D eigenvalue weighted by Crippen LogP contribution is 2.36. The van der Waals surface area contributed by atoms with Crippen molar-refractivity contribution >= 4 is 45.4 Å². The quantitative estimate of drug-likeness (QED) is 0.492. The second-order valence-corrected chi connectivity index (χ2v) is 19.6. The predicted molar refractivity (Wildman–Crippen MR) is 118 cm³/mol. The molecule has 0 spiro atoms. The van der Waals surface area contributed by atoms with Gasteiger partial charge >= 0.3 is 0 Å². The molecule has 0 aliphatic heterocycles. The molecule has 1 rings (SSSR count). The van der Waals surface area contributed by atoms with Crippen LogP contribution in [0.5, 0.6) is 0 Å². The van der Waals surface area contributed by atoms with Crippen LogP contribution in [-0.4, -0.2) is 28.6 Å². The molecule has 0 saturated heterocycles. The molecule has 2 N–H and O–H groups in total. The third-order valence-electron chi connectivity index (χ3n) is 3.25. The van der Waals surface area contributed by atoms with Gasteiger partial charge in [-0.2, -0.15) is 0 Å². The summed E-state index contributed by atoms with van der Waals surface area (Å²) in [5.74, 6) is 0. The second-order valence-electron chi connectivity index (χ2n) is 9.58. The van der Waals surface area contributed by atoms with E-state index in [0.29, 0.717) is 10.0 Å². The van der Waals surface area contributed by atoms with Gasteiger partial charge in [0.15, 0.2) is 8.32 Å². The lowest BCUT2D eigenvalue weighted by Crippen LogP contribution is -2.41. The molecule has 0 heterocycles. The van der Waals surface area contributed by atoms with Gasteiger partial charge in [0.25, 0.3) is 0 Å². The summed E-state index contributed by atoms with van der Waals surface area (Å²) < 4.78 is 6.42. The number of nitrogens with one attached hydrogen (secondary N) is 2. The standard InChI is InChI=1S/C18H34Cl2N2OSi2/c1-18(2,3)21-12-16(23-25(7,8)9)13-10-14(19)17(15(20)11-13)22-24(4,5)6/h10-11,16,21-22H,12H2,1-9H3. The maximum Gasteiger partial charge on any atom is 0.184 e. The van der Waals surface area contributed by atoms with Gasteiger partial charge in [0.05, 0.1) is 21.8 Å². The molecular formula is C18H34Cl2N2OSi2. The van der Waals surface area contributed by atoms with Gasteiger partial charge in [-0.1, -0.05) is 42.8 Å². The third-order valence-corrected chi connectivity index (χ3v) is 5.84. The molecule has 0 aromatic heterocycles. The molecule has 7 heteroatoms. The molecule has 0 radical (unpaired) electrons. The van der Waals surface area contributed by atoms with Crippen LogP contribution in [-0.2, 0) is 4.43 Å². The molecule has 0 aliphatic rings. The van der Waals surface area contributed by atoms with E-state index in [0.717, 1.165) is 17.8 Å². The Labute approximate surface area is 166 Å². The predicted octanol–water partition coefficient (Wildman–Crippen LogP) is 6.52. The van der Waals surface area contributed by atoms with Gasteiger partial charge in [-0.05, 0) is 58.1 Å². The van der Waals surface area contributed by atoms with Gasteiger partial charge in [0, 0.05) is 12.1 Å². The van der Waals surface area contributed by atoms with E-state index in [4.69, 9.17) is 27.6 Å². The normalized spacial score (nSPS) is 14.5. The van der Waals surface area contributed by atoms with Crippen LogP contribution in [0.2, 0.25) is 49.3 Å². The zero-order valence-electron chi connectivity index (χ0n) is 17.1. The minimum atomic E-state index is -1.72. The Hall–Kier alpha value is -0.0462. The van der Waals surface area contributed by atoms with E-state index in [9.17, 15) is 0 Å². The molecule has 1 aromatic carbocycles. The fraction of sp³-hybridized carbons (Fsp3) is 0.667. The topological polar surface area (TPSA) is 33.3 Å². The zero-order chi connectivity index (χ0) is 19.6. The van der Waals surface area contributed by atoms with Crippen LogP contribution in [0, 0.1) is 0 Å². The van der Waals surface area contributed by atoms with Crippen LogP contribution in [0.4, 0.5) is 5.69 Å². The fourth-order valence-corrected chi connectivity index (χ4v) is 5.18. The van der Waals surface area contributed by atoms with Crippen molar-refractivity contribution in [1.82, 2.24) is 5.32 Å². The van der Waals surface area contributed by atoms with Gasteiger partial charge in [-0.25, -0.2) is 0 Å². The van der Waals surface area contributed by atoms with Crippen LogP contribution < -0.4 is 10.3 Å². The zero-order valence-corrected chi connectivity index (χ0v) is 20.6. The van der Waals surface area contributed by atoms with Crippen molar-refractivity contribution in [2.75, 3.05) is 11.5 Å². The van der Waals surface area contributed by atoms with Crippen LogP contribution in [0.25, 0.3) is 0 Å². The smallest absolute Gasteiger partial charge is 0.184 e. The molecular weight excluding hydrogens is 387 g/mol. The molecule has 1 unspecified atom stereocenters. The highest BCUT2D eigenvalue weighted by Gasteiger charge is 2.26. The van der Waals surface area contributed by atoms with Gasteiger partial charge in [0.2, 0.25) is 0 Å². The van der Waals surface area contributed by atoms with E-state index in [1.54, 1.807) is 0 Å². The largest absolute Gasteiger partial charge is 0.409 e. The van der Waals surface area contributed by atoms with Crippen LogP contribution in [0.1, 0.15) is 32.4 Å². The SMILES string of the molecule is CC(C)(C)NCC(O[Si](C)(C)C)c1cc(Cl)c(N[Si](C)(C)C)c(Cl)c1. The van der Waals surface area contributed by atoms with E-state index in [2.05, 4.69) is 70.4 Å². The summed E-state index contributed by atoms with van der Waals surface area (Å²) >= 11 is 13.1. The Balaban J connectivity index is 3.17. The Kier molecular flexibility index (Phi) is 7.65. The molecule has 0 aliphatic carbocycles. The summed E-state index contributed by atoms with van der Waals surface area (Å²) in [6, 6.07) is 3.98. The highest BCUT2D eigenvalue weighted by atomic mass is 35.5. The Bertz CT molecular complexity index is 567. The maximum absolute atomic E-state index is 6.56. The summed E-state index contributed by atoms with van der Waals surface area (Å²) in [7, 11) is -3.26. The monoisotopic (exact) mass is 420 g/mol. The van der Waals surface area contributed by atoms with E-state index in [1.165, 1.54) is 0 Å². The van der Waals surface area contributed by atoms with Gasteiger partial charge in [-0.3, -0.25) is 0 Å². The van der Waals surface area contributed by atoms with Gasteiger partial charge in [0.1, 0.15) is 8.24 Å². The molecule has 0 fully saturated rings. The second kappa shape index (κ2) is 8.32.